The molecule has 0 atom stereocenters. The Morgan fingerprint density at radius 1 is 1.31 bits per heavy atom. The van der Waals surface area contributed by atoms with Crippen molar-refractivity contribution in [2.45, 2.75) is 11.1 Å². The monoisotopic (exact) mass is 207 g/mol. The third-order valence-electron chi connectivity index (χ3n) is 1.26. The quantitative estimate of drug-likeness (QED) is 0.596. The van der Waals surface area contributed by atoms with Crippen LogP contribution in [-0.2, 0) is 0 Å². The SMILES string of the molecule is Nc1cccc(SCC(F)(F)F)c1. The third kappa shape index (κ3) is 4.07. The third-order valence-corrected chi connectivity index (χ3v) is 2.32. The van der Waals surface area contributed by atoms with Crippen molar-refractivity contribution in [3.05, 3.63) is 24.3 Å². The number of anilines is 1. The maximum Gasteiger partial charge on any atom is 0.398 e. The first kappa shape index (κ1) is 10.2. The highest BCUT2D eigenvalue weighted by atomic mass is 32.2. The first-order valence-electron chi connectivity index (χ1n) is 3.52. The van der Waals surface area contributed by atoms with Gasteiger partial charge in [0, 0.05) is 10.6 Å². The van der Waals surface area contributed by atoms with Gasteiger partial charge in [-0.15, -0.1) is 11.8 Å². The van der Waals surface area contributed by atoms with E-state index in [4.69, 9.17) is 5.73 Å². The Labute approximate surface area is 78.1 Å². The minimum Gasteiger partial charge on any atom is -0.399 e. The summed E-state index contributed by atoms with van der Waals surface area (Å²) in [5.41, 5.74) is 5.88. The molecular formula is C8H8F3NS. The van der Waals surface area contributed by atoms with Gasteiger partial charge in [-0.25, -0.2) is 0 Å². The number of benzene rings is 1. The first-order chi connectivity index (χ1) is 5.97. The fraction of sp³-hybridized carbons (Fsp3) is 0.250. The number of nitrogen functional groups attached to an aromatic ring is 1. The lowest BCUT2D eigenvalue weighted by molar-refractivity contribution is -0.105. The lowest BCUT2D eigenvalue weighted by Gasteiger charge is -2.05. The minimum atomic E-state index is -4.13. The largest absolute Gasteiger partial charge is 0.399 e. The van der Waals surface area contributed by atoms with Gasteiger partial charge < -0.3 is 5.73 Å². The molecule has 1 rings (SSSR count). The number of rotatable bonds is 2. The summed E-state index contributed by atoms with van der Waals surface area (Å²) in [6.07, 6.45) is -4.13. The highest BCUT2D eigenvalue weighted by Gasteiger charge is 2.27. The number of halogens is 3. The van der Waals surface area contributed by atoms with E-state index in [0.717, 1.165) is 11.8 Å². The van der Waals surface area contributed by atoms with Crippen LogP contribution in [0.25, 0.3) is 0 Å². The second-order valence-electron chi connectivity index (χ2n) is 2.48. The lowest BCUT2D eigenvalue weighted by atomic mass is 10.3. The molecule has 5 heteroatoms. The van der Waals surface area contributed by atoms with Crippen LogP contribution in [0.2, 0.25) is 0 Å². The summed E-state index contributed by atoms with van der Waals surface area (Å²) >= 11 is 0.737. The smallest absolute Gasteiger partial charge is 0.398 e. The zero-order valence-corrected chi connectivity index (χ0v) is 7.45. The first-order valence-corrected chi connectivity index (χ1v) is 4.51. The normalized spacial score (nSPS) is 11.6. The molecule has 1 nitrogen and oxygen atoms in total. The van der Waals surface area contributed by atoms with Gasteiger partial charge in [0.05, 0.1) is 5.75 Å². The molecule has 0 fully saturated rings. The van der Waals surface area contributed by atoms with E-state index >= 15 is 0 Å². The van der Waals surface area contributed by atoms with Gasteiger partial charge in [0.25, 0.3) is 0 Å². The molecule has 0 amide bonds. The van der Waals surface area contributed by atoms with E-state index < -0.39 is 11.9 Å². The van der Waals surface area contributed by atoms with Gasteiger partial charge in [0.2, 0.25) is 0 Å². The molecule has 0 saturated heterocycles. The molecular weight excluding hydrogens is 199 g/mol. The van der Waals surface area contributed by atoms with Gasteiger partial charge in [0.15, 0.2) is 0 Å². The maximum absolute atomic E-state index is 11.8. The van der Waals surface area contributed by atoms with Gasteiger partial charge in [0.1, 0.15) is 0 Å². The number of hydrogen-bond donors (Lipinski definition) is 1. The second kappa shape index (κ2) is 3.91. The highest BCUT2D eigenvalue weighted by Crippen LogP contribution is 2.27. The molecule has 13 heavy (non-hydrogen) atoms. The van der Waals surface area contributed by atoms with Crippen molar-refractivity contribution >= 4 is 17.4 Å². The van der Waals surface area contributed by atoms with Crippen LogP contribution >= 0.6 is 11.8 Å². The van der Waals surface area contributed by atoms with E-state index in [9.17, 15) is 13.2 Å². The predicted molar refractivity (Wildman–Crippen MR) is 47.6 cm³/mol. The zero-order valence-electron chi connectivity index (χ0n) is 6.64. The van der Waals surface area contributed by atoms with Crippen molar-refractivity contribution in [2.75, 3.05) is 11.5 Å². The Morgan fingerprint density at radius 3 is 2.54 bits per heavy atom. The average molecular weight is 207 g/mol. The molecule has 2 N–H and O–H groups in total. The van der Waals surface area contributed by atoms with Crippen molar-refractivity contribution < 1.29 is 13.2 Å². The molecule has 0 aliphatic carbocycles. The van der Waals surface area contributed by atoms with Crippen molar-refractivity contribution in [1.29, 1.82) is 0 Å². The van der Waals surface area contributed by atoms with E-state index in [0.29, 0.717) is 10.6 Å². The van der Waals surface area contributed by atoms with E-state index in [1.54, 1.807) is 18.2 Å². The summed E-state index contributed by atoms with van der Waals surface area (Å²) in [7, 11) is 0. The van der Waals surface area contributed by atoms with Crippen LogP contribution in [0, 0.1) is 0 Å². The number of alkyl halides is 3. The summed E-state index contributed by atoms with van der Waals surface area (Å²) in [6, 6.07) is 6.40. The van der Waals surface area contributed by atoms with Crippen LogP contribution in [0.1, 0.15) is 0 Å². The van der Waals surface area contributed by atoms with Gasteiger partial charge in [-0.2, -0.15) is 13.2 Å². The molecule has 0 heterocycles. The van der Waals surface area contributed by atoms with Crippen LogP contribution < -0.4 is 5.73 Å². The van der Waals surface area contributed by atoms with Crippen LogP contribution in [0.3, 0.4) is 0 Å². The number of hydrogen-bond acceptors (Lipinski definition) is 2. The molecule has 0 bridgehead atoms. The van der Waals surface area contributed by atoms with Gasteiger partial charge in [-0.1, -0.05) is 6.07 Å². The maximum atomic E-state index is 11.8. The van der Waals surface area contributed by atoms with Gasteiger partial charge in [-0.3, -0.25) is 0 Å². The second-order valence-corrected chi connectivity index (χ2v) is 3.53. The van der Waals surface area contributed by atoms with Crippen LogP contribution in [0.5, 0.6) is 0 Å². The fourth-order valence-electron chi connectivity index (χ4n) is 0.769. The molecule has 0 unspecified atom stereocenters. The molecule has 1 aromatic rings. The minimum absolute atomic E-state index is 0.479. The highest BCUT2D eigenvalue weighted by molar-refractivity contribution is 7.99. The summed E-state index contributed by atoms with van der Waals surface area (Å²) in [5.74, 6) is -0.879. The van der Waals surface area contributed by atoms with Crippen molar-refractivity contribution in [3.63, 3.8) is 0 Å². The molecule has 0 saturated carbocycles. The molecule has 0 spiro atoms. The van der Waals surface area contributed by atoms with Crippen molar-refractivity contribution in [3.8, 4) is 0 Å². The number of thioether (sulfide) groups is 1. The lowest BCUT2D eigenvalue weighted by Crippen LogP contribution is -2.10. The van der Waals surface area contributed by atoms with Crippen LogP contribution in [0.4, 0.5) is 18.9 Å². The summed E-state index contributed by atoms with van der Waals surface area (Å²) in [5, 5.41) is 0. The van der Waals surface area contributed by atoms with E-state index in [2.05, 4.69) is 0 Å². The molecule has 72 valence electrons. The van der Waals surface area contributed by atoms with E-state index in [-0.39, 0.29) is 0 Å². The van der Waals surface area contributed by atoms with Gasteiger partial charge >= 0.3 is 6.18 Å². The van der Waals surface area contributed by atoms with Crippen molar-refractivity contribution in [2.24, 2.45) is 0 Å². The van der Waals surface area contributed by atoms with E-state index in [1.165, 1.54) is 6.07 Å². The molecule has 1 aromatic carbocycles. The standard InChI is InChI=1S/C8H8F3NS/c9-8(10,11)5-13-7-3-1-2-6(12)4-7/h1-4H,5,12H2. The molecule has 0 aliphatic heterocycles. The Bertz CT molecular complexity index is 285. The number of nitrogens with two attached hydrogens (primary N) is 1. The Balaban J connectivity index is 2.55. The topological polar surface area (TPSA) is 26.0 Å². The molecule has 0 aliphatic rings. The van der Waals surface area contributed by atoms with Crippen LogP contribution in [-0.4, -0.2) is 11.9 Å². The Kier molecular flexibility index (Phi) is 3.08. The van der Waals surface area contributed by atoms with Gasteiger partial charge in [-0.05, 0) is 18.2 Å². The molecule has 0 aromatic heterocycles. The Hall–Kier alpha value is -0.840. The van der Waals surface area contributed by atoms with E-state index in [1.807, 2.05) is 0 Å². The average Bonchev–Trinajstić information content (AvgIpc) is 2.00. The fourth-order valence-corrected chi connectivity index (χ4v) is 1.49. The summed E-state index contributed by atoms with van der Waals surface area (Å²) in [4.78, 5) is 0.539. The predicted octanol–water partition coefficient (Wildman–Crippen LogP) is 2.92. The van der Waals surface area contributed by atoms with Crippen molar-refractivity contribution in [1.82, 2.24) is 0 Å². The summed E-state index contributed by atoms with van der Waals surface area (Å²) in [6.45, 7) is 0. The van der Waals surface area contributed by atoms with Crippen LogP contribution in [0.15, 0.2) is 29.2 Å². The Morgan fingerprint density at radius 2 is 2.00 bits per heavy atom. The zero-order chi connectivity index (χ0) is 9.90. The molecule has 0 radical (unpaired) electrons. The summed E-state index contributed by atoms with van der Waals surface area (Å²) < 4.78 is 35.4.